The molecule has 0 spiro atoms. The van der Waals surface area contributed by atoms with Crippen LogP contribution in [0.1, 0.15) is 32.6 Å². The van der Waals surface area contributed by atoms with E-state index in [0.717, 1.165) is 42.9 Å². The third-order valence-corrected chi connectivity index (χ3v) is 3.53. The van der Waals surface area contributed by atoms with Crippen molar-refractivity contribution in [3.8, 4) is 11.5 Å². The van der Waals surface area contributed by atoms with Gasteiger partial charge in [-0.3, -0.25) is 0 Å². The van der Waals surface area contributed by atoms with Crippen molar-refractivity contribution in [3.63, 3.8) is 0 Å². The van der Waals surface area contributed by atoms with Gasteiger partial charge < -0.3 is 19.9 Å². The first-order valence-electron chi connectivity index (χ1n) is 6.98. The van der Waals surface area contributed by atoms with Crippen molar-refractivity contribution in [3.05, 3.63) is 18.2 Å². The number of aliphatic hydroxyl groups is 1. The number of ether oxygens (including phenoxy) is 2. The molecule has 0 bridgehead atoms. The average molecular weight is 265 g/mol. The maximum atomic E-state index is 9.51. The third kappa shape index (κ3) is 3.77. The average Bonchev–Trinajstić information content (AvgIpc) is 2.42. The zero-order valence-electron chi connectivity index (χ0n) is 11.7. The van der Waals surface area contributed by atoms with Gasteiger partial charge in [-0.2, -0.15) is 0 Å². The lowest BCUT2D eigenvalue weighted by Crippen LogP contribution is -2.28. The monoisotopic (exact) mass is 265 g/mol. The normalized spacial score (nSPS) is 22.9. The quantitative estimate of drug-likeness (QED) is 0.859. The van der Waals surface area contributed by atoms with Crippen LogP contribution in [0.25, 0.3) is 0 Å². The molecule has 0 atom stereocenters. The van der Waals surface area contributed by atoms with E-state index in [-0.39, 0.29) is 6.10 Å². The Morgan fingerprint density at radius 2 is 1.95 bits per heavy atom. The van der Waals surface area contributed by atoms with Crippen LogP contribution in [0.5, 0.6) is 11.5 Å². The fourth-order valence-electron chi connectivity index (χ4n) is 2.49. The molecule has 1 aromatic carbocycles. The summed E-state index contributed by atoms with van der Waals surface area (Å²) in [6.45, 7) is 2.58. The Bertz CT molecular complexity index is 400. The zero-order chi connectivity index (χ0) is 13.7. The number of methoxy groups -OCH3 is 1. The number of nitrogens with one attached hydrogen (secondary N) is 1. The number of aliphatic hydroxyl groups excluding tert-OH is 1. The molecule has 0 radical (unpaired) electrons. The predicted molar refractivity (Wildman–Crippen MR) is 76.0 cm³/mol. The van der Waals surface area contributed by atoms with Gasteiger partial charge in [0, 0.05) is 17.8 Å². The molecular weight excluding hydrogens is 242 g/mol. The molecule has 4 nitrogen and oxygen atoms in total. The fourth-order valence-corrected chi connectivity index (χ4v) is 2.49. The maximum absolute atomic E-state index is 9.51. The first-order valence-corrected chi connectivity index (χ1v) is 6.98. The number of anilines is 1. The van der Waals surface area contributed by atoms with Gasteiger partial charge in [0.25, 0.3) is 0 Å². The Morgan fingerprint density at radius 1 is 1.21 bits per heavy atom. The van der Waals surface area contributed by atoms with Crippen molar-refractivity contribution >= 4 is 5.69 Å². The van der Waals surface area contributed by atoms with Gasteiger partial charge in [-0.15, -0.1) is 0 Å². The van der Waals surface area contributed by atoms with E-state index in [1.165, 1.54) is 0 Å². The van der Waals surface area contributed by atoms with Crippen LogP contribution in [-0.2, 0) is 0 Å². The number of rotatable bonds is 5. The molecule has 1 saturated carbocycles. The van der Waals surface area contributed by atoms with Gasteiger partial charge in [-0.1, -0.05) is 0 Å². The molecule has 1 aliphatic carbocycles. The zero-order valence-corrected chi connectivity index (χ0v) is 11.7. The Labute approximate surface area is 114 Å². The van der Waals surface area contributed by atoms with Crippen molar-refractivity contribution in [1.82, 2.24) is 0 Å². The van der Waals surface area contributed by atoms with E-state index < -0.39 is 0 Å². The van der Waals surface area contributed by atoms with Crippen molar-refractivity contribution < 1.29 is 14.6 Å². The summed E-state index contributed by atoms with van der Waals surface area (Å²) in [6, 6.07) is 6.34. The molecule has 0 heterocycles. The van der Waals surface area contributed by atoms with E-state index in [2.05, 4.69) is 5.32 Å². The number of hydrogen-bond donors (Lipinski definition) is 2. The fraction of sp³-hybridized carbons (Fsp3) is 0.600. The summed E-state index contributed by atoms with van der Waals surface area (Å²) >= 11 is 0. The summed E-state index contributed by atoms with van der Waals surface area (Å²) in [7, 11) is 1.65. The van der Waals surface area contributed by atoms with E-state index in [9.17, 15) is 5.11 Å². The summed E-state index contributed by atoms with van der Waals surface area (Å²) < 4.78 is 10.8. The van der Waals surface area contributed by atoms with Gasteiger partial charge in [0.05, 0.1) is 19.8 Å². The van der Waals surface area contributed by atoms with Crippen LogP contribution in [0, 0.1) is 0 Å². The molecule has 4 heteroatoms. The van der Waals surface area contributed by atoms with Gasteiger partial charge in [-0.25, -0.2) is 0 Å². The molecular formula is C15H23NO3. The molecule has 1 fully saturated rings. The largest absolute Gasteiger partial charge is 0.493 e. The van der Waals surface area contributed by atoms with Crippen molar-refractivity contribution in [2.75, 3.05) is 19.0 Å². The minimum atomic E-state index is -0.118. The van der Waals surface area contributed by atoms with Crippen LogP contribution in [0.2, 0.25) is 0 Å². The van der Waals surface area contributed by atoms with Crippen LogP contribution in [0.4, 0.5) is 5.69 Å². The highest BCUT2D eigenvalue weighted by molar-refractivity contribution is 5.55. The summed E-state index contributed by atoms with van der Waals surface area (Å²) in [5.41, 5.74) is 1.05. The Hall–Kier alpha value is -1.42. The lowest BCUT2D eigenvalue weighted by molar-refractivity contribution is 0.126. The van der Waals surface area contributed by atoms with Gasteiger partial charge in [0.2, 0.25) is 0 Å². The van der Waals surface area contributed by atoms with E-state index in [1.807, 2.05) is 25.1 Å². The lowest BCUT2D eigenvalue weighted by atomic mass is 9.93. The summed E-state index contributed by atoms with van der Waals surface area (Å²) in [5.74, 6) is 1.53. The van der Waals surface area contributed by atoms with Gasteiger partial charge in [-0.05, 0) is 44.7 Å². The minimum Gasteiger partial charge on any atom is -0.493 e. The maximum Gasteiger partial charge on any atom is 0.163 e. The molecule has 2 N–H and O–H groups in total. The SMILES string of the molecule is CCOc1cc(NC2CCC(O)CC2)ccc1OC. The third-order valence-electron chi connectivity index (χ3n) is 3.53. The van der Waals surface area contributed by atoms with E-state index in [4.69, 9.17) is 9.47 Å². The van der Waals surface area contributed by atoms with Gasteiger partial charge >= 0.3 is 0 Å². The standard InChI is InChI=1S/C15H23NO3/c1-3-19-15-10-12(6-9-14(15)18-2)16-11-4-7-13(17)8-5-11/h6,9-11,13,16-17H,3-5,7-8H2,1-2H3. The molecule has 1 aliphatic rings. The Kier molecular flexibility index (Phi) is 4.91. The molecule has 106 valence electrons. The van der Waals surface area contributed by atoms with Crippen molar-refractivity contribution in [1.29, 1.82) is 0 Å². The van der Waals surface area contributed by atoms with Gasteiger partial charge in [0.15, 0.2) is 11.5 Å². The highest BCUT2D eigenvalue weighted by Gasteiger charge is 2.19. The highest BCUT2D eigenvalue weighted by atomic mass is 16.5. The molecule has 1 aromatic rings. The Balaban J connectivity index is 2.02. The number of hydrogen-bond acceptors (Lipinski definition) is 4. The van der Waals surface area contributed by atoms with E-state index in [1.54, 1.807) is 7.11 Å². The smallest absolute Gasteiger partial charge is 0.163 e. The van der Waals surface area contributed by atoms with E-state index in [0.29, 0.717) is 12.6 Å². The summed E-state index contributed by atoms with van der Waals surface area (Å²) in [4.78, 5) is 0. The van der Waals surface area contributed by atoms with Crippen LogP contribution < -0.4 is 14.8 Å². The summed E-state index contributed by atoms with van der Waals surface area (Å²) in [5, 5.41) is 13.0. The lowest BCUT2D eigenvalue weighted by Gasteiger charge is -2.27. The van der Waals surface area contributed by atoms with E-state index >= 15 is 0 Å². The van der Waals surface area contributed by atoms with Crippen molar-refractivity contribution in [2.45, 2.75) is 44.8 Å². The minimum absolute atomic E-state index is 0.118. The molecule has 0 saturated heterocycles. The molecule has 0 aliphatic heterocycles. The second kappa shape index (κ2) is 6.66. The highest BCUT2D eigenvalue weighted by Crippen LogP contribution is 2.31. The first-order chi connectivity index (χ1) is 9.22. The Morgan fingerprint density at radius 3 is 2.58 bits per heavy atom. The topological polar surface area (TPSA) is 50.7 Å². The number of benzene rings is 1. The van der Waals surface area contributed by atoms with Gasteiger partial charge in [0.1, 0.15) is 0 Å². The molecule has 0 aromatic heterocycles. The van der Waals surface area contributed by atoms with Crippen LogP contribution in [0.15, 0.2) is 18.2 Å². The second-order valence-corrected chi connectivity index (χ2v) is 4.95. The van der Waals surface area contributed by atoms with Crippen LogP contribution >= 0.6 is 0 Å². The molecule has 2 rings (SSSR count). The molecule has 19 heavy (non-hydrogen) atoms. The van der Waals surface area contributed by atoms with Crippen molar-refractivity contribution in [2.24, 2.45) is 0 Å². The van der Waals surface area contributed by atoms with Crippen LogP contribution in [0.3, 0.4) is 0 Å². The predicted octanol–water partition coefficient (Wildman–Crippen LogP) is 2.81. The summed E-state index contributed by atoms with van der Waals surface area (Å²) in [6.07, 6.45) is 3.67. The van der Waals surface area contributed by atoms with Crippen LogP contribution in [-0.4, -0.2) is 31.0 Å². The molecule has 0 amide bonds. The first kappa shape index (κ1) is 14.0. The molecule has 0 unspecified atom stereocenters. The second-order valence-electron chi connectivity index (χ2n) is 4.95.